The van der Waals surface area contributed by atoms with Crippen molar-refractivity contribution >= 4 is 5.91 Å². The number of nitrogens with one attached hydrogen (secondary N) is 2. The third-order valence-corrected chi connectivity index (χ3v) is 3.65. The molecule has 0 spiro atoms. The fourth-order valence-electron chi connectivity index (χ4n) is 2.40. The van der Waals surface area contributed by atoms with Gasteiger partial charge in [0.2, 0.25) is 5.91 Å². The van der Waals surface area contributed by atoms with Gasteiger partial charge in [-0.1, -0.05) is 24.3 Å². The molecule has 6 nitrogen and oxygen atoms in total. The molecule has 3 rings (SSSR count). The minimum Gasteiger partial charge on any atom is -0.378 e. The Balaban J connectivity index is 1.49. The number of aromatic nitrogens is 2. The van der Waals surface area contributed by atoms with Gasteiger partial charge in [-0.2, -0.15) is 0 Å². The zero-order valence-corrected chi connectivity index (χ0v) is 12.4. The Morgan fingerprint density at radius 3 is 2.86 bits per heavy atom. The van der Waals surface area contributed by atoms with Crippen molar-refractivity contribution in [2.75, 3.05) is 19.8 Å². The lowest BCUT2D eigenvalue weighted by Gasteiger charge is -2.22. The fraction of sp³-hybridized carbons (Fsp3) is 0.375. The highest BCUT2D eigenvalue weighted by Crippen LogP contribution is 2.06. The number of rotatable bonds is 5. The van der Waals surface area contributed by atoms with Crippen LogP contribution in [0, 0.1) is 0 Å². The maximum absolute atomic E-state index is 12.0. The zero-order chi connectivity index (χ0) is 15.2. The van der Waals surface area contributed by atoms with Gasteiger partial charge >= 0.3 is 0 Å². The number of benzene rings is 1. The van der Waals surface area contributed by atoms with Crippen LogP contribution in [-0.4, -0.2) is 41.3 Å². The number of ether oxygens (including phenoxy) is 1. The van der Waals surface area contributed by atoms with Gasteiger partial charge in [-0.15, -0.1) is 0 Å². The Morgan fingerprint density at radius 1 is 1.36 bits per heavy atom. The third kappa shape index (κ3) is 3.93. The molecule has 0 saturated carbocycles. The monoisotopic (exact) mass is 300 g/mol. The normalized spacial score (nSPS) is 18.1. The number of carbonyl (C=O) groups excluding carboxylic acids is 1. The summed E-state index contributed by atoms with van der Waals surface area (Å²) in [5, 5.41) is 6.08. The van der Waals surface area contributed by atoms with Crippen LogP contribution in [0.5, 0.6) is 0 Å². The molecule has 2 heterocycles. The van der Waals surface area contributed by atoms with Crippen molar-refractivity contribution in [3.05, 3.63) is 54.1 Å². The molecule has 116 valence electrons. The molecule has 6 heteroatoms. The predicted molar refractivity (Wildman–Crippen MR) is 82.2 cm³/mol. The van der Waals surface area contributed by atoms with E-state index in [2.05, 4.69) is 27.8 Å². The number of morpholine rings is 1. The number of carbonyl (C=O) groups is 1. The quantitative estimate of drug-likeness (QED) is 0.845. The van der Waals surface area contributed by atoms with Crippen LogP contribution in [0.3, 0.4) is 0 Å². The Bertz CT molecular complexity index is 589. The van der Waals surface area contributed by atoms with E-state index in [1.165, 1.54) is 5.56 Å². The molecule has 1 atom stereocenters. The lowest BCUT2D eigenvalue weighted by Crippen LogP contribution is -2.51. The van der Waals surface area contributed by atoms with Crippen LogP contribution < -0.4 is 10.6 Å². The van der Waals surface area contributed by atoms with Gasteiger partial charge in [-0.05, 0) is 11.1 Å². The maximum Gasteiger partial charge on any atom is 0.239 e. The molecule has 22 heavy (non-hydrogen) atoms. The second-order valence-corrected chi connectivity index (χ2v) is 5.35. The summed E-state index contributed by atoms with van der Waals surface area (Å²) in [6, 6.07) is 7.98. The number of amides is 1. The third-order valence-electron chi connectivity index (χ3n) is 3.65. The van der Waals surface area contributed by atoms with E-state index in [1.807, 2.05) is 22.9 Å². The number of imidazole rings is 1. The van der Waals surface area contributed by atoms with Crippen molar-refractivity contribution in [1.29, 1.82) is 0 Å². The molecule has 1 amide bonds. The molecule has 1 unspecified atom stereocenters. The lowest BCUT2D eigenvalue weighted by molar-refractivity contribution is -0.126. The smallest absolute Gasteiger partial charge is 0.239 e. The largest absolute Gasteiger partial charge is 0.378 e. The van der Waals surface area contributed by atoms with Crippen molar-refractivity contribution in [2.24, 2.45) is 0 Å². The van der Waals surface area contributed by atoms with Crippen molar-refractivity contribution < 1.29 is 9.53 Å². The van der Waals surface area contributed by atoms with Crippen LogP contribution in [0.4, 0.5) is 0 Å². The summed E-state index contributed by atoms with van der Waals surface area (Å²) in [5.41, 5.74) is 2.29. The first-order valence-electron chi connectivity index (χ1n) is 7.44. The average Bonchev–Trinajstić information content (AvgIpc) is 3.08. The molecule has 0 aliphatic carbocycles. The Kier molecular flexibility index (Phi) is 4.82. The first-order valence-corrected chi connectivity index (χ1v) is 7.44. The molecular weight excluding hydrogens is 280 g/mol. The molecule has 2 aromatic rings. The topological polar surface area (TPSA) is 68.2 Å². The van der Waals surface area contributed by atoms with E-state index in [0.717, 1.165) is 18.7 Å². The molecular formula is C16H20N4O2. The van der Waals surface area contributed by atoms with Crippen LogP contribution in [0.1, 0.15) is 11.1 Å². The molecule has 1 aromatic heterocycles. The first-order chi connectivity index (χ1) is 10.8. The highest BCUT2D eigenvalue weighted by molar-refractivity contribution is 5.81. The van der Waals surface area contributed by atoms with Gasteiger partial charge in [0.15, 0.2) is 0 Å². The fourth-order valence-corrected chi connectivity index (χ4v) is 2.40. The molecule has 2 N–H and O–H groups in total. The molecule has 1 aliphatic heterocycles. The number of nitrogens with zero attached hydrogens (tertiary/aromatic N) is 2. The summed E-state index contributed by atoms with van der Waals surface area (Å²) < 4.78 is 7.31. The van der Waals surface area contributed by atoms with Crippen molar-refractivity contribution in [1.82, 2.24) is 20.2 Å². The van der Waals surface area contributed by atoms with E-state index < -0.39 is 0 Å². The van der Waals surface area contributed by atoms with E-state index in [0.29, 0.717) is 19.8 Å². The van der Waals surface area contributed by atoms with Crippen LogP contribution in [-0.2, 0) is 22.6 Å². The molecule has 0 radical (unpaired) electrons. The standard InChI is InChI=1S/C16H20N4O2/c21-16(15-11-22-8-6-18-15)19-9-13-1-3-14(4-2-13)10-20-7-5-17-12-20/h1-5,7,12,15,18H,6,8-11H2,(H,19,21). The number of hydrogen-bond donors (Lipinski definition) is 2. The molecule has 1 aromatic carbocycles. The van der Waals surface area contributed by atoms with Gasteiger partial charge in [0.1, 0.15) is 6.04 Å². The van der Waals surface area contributed by atoms with Crippen molar-refractivity contribution in [3.63, 3.8) is 0 Å². The van der Waals surface area contributed by atoms with Gasteiger partial charge in [0.25, 0.3) is 0 Å². The van der Waals surface area contributed by atoms with Crippen LogP contribution in [0.25, 0.3) is 0 Å². The maximum atomic E-state index is 12.0. The molecule has 1 aliphatic rings. The minimum atomic E-state index is -0.241. The summed E-state index contributed by atoms with van der Waals surface area (Å²) in [5.74, 6) is -0.0119. The minimum absolute atomic E-state index is 0.0119. The van der Waals surface area contributed by atoms with E-state index >= 15 is 0 Å². The van der Waals surface area contributed by atoms with Crippen molar-refractivity contribution in [3.8, 4) is 0 Å². The lowest BCUT2D eigenvalue weighted by atomic mass is 10.1. The molecule has 1 fully saturated rings. The van der Waals surface area contributed by atoms with Crippen LogP contribution >= 0.6 is 0 Å². The Hall–Kier alpha value is -2.18. The highest BCUT2D eigenvalue weighted by Gasteiger charge is 2.20. The van der Waals surface area contributed by atoms with Crippen molar-refractivity contribution in [2.45, 2.75) is 19.1 Å². The van der Waals surface area contributed by atoms with Gasteiger partial charge in [0, 0.05) is 32.0 Å². The predicted octanol–water partition coefficient (Wildman–Crippen LogP) is 0.536. The highest BCUT2D eigenvalue weighted by atomic mass is 16.5. The van der Waals surface area contributed by atoms with Crippen LogP contribution in [0.15, 0.2) is 43.0 Å². The second kappa shape index (κ2) is 7.20. The SMILES string of the molecule is O=C(NCc1ccc(Cn2ccnc2)cc1)C1COCCN1. The van der Waals surface area contributed by atoms with E-state index in [9.17, 15) is 4.79 Å². The summed E-state index contributed by atoms with van der Waals surface area (Å²) in [4.78, 5) is 16.0. The second-order valence-electron chi connectivity index (χ2n) is 5.35. The van der Waals surface area contributed by atoms with Gasteiger partial charge in [-0.25, -0.2) is 4.98 Å². The van der Waals surface area contributed by atoms with E-state index in [1.54, 1.807) is 12.5 Å². The average molecular weight is 300 g/mol. The van der Waals surface area contributed by atoms with Gasteiger partial charge < -0.3 is 19.9 Å². The number of hydrogen-bond acceptors (Lipinski definition) is 4. The molecule has 0 bridgehead atoms. The van der Waals surface area contributed by atoms with Crippen LogP contribution in [0.2, 0.25) is 0 Å². The summed E-state index contributed by atoms with van der Waals surface area (Å²) in [6.45, 7) is 3.16. The first kappa shape index (κ1) is 14.7. The zero-order valence-electron chi connectivity index (χ0n) is 12.4. The summed E-state index contributed by atoms with van der Waals surface area (Å²) in [7, 11) is 0. The van der Waals surface area contributed by atoms with E-state index in [-0.39, 0.29) is 11.9 Å². The summed E-state index contributed by atoms with van der Waals surface area (Å²) in [6.07, 6.45) is 5.51. The summed E-state index contributed by atoms with van der Waals surface area (Å²) >= 11 is 0. The van der Waals surface area contributed by atoms with Gasteiger partial charge in [-0.3, -0.25) is 4.79 Å². The Labute approximate surface area is 129 Å². The molecule has 1 saturated heterocycles. The Morgan fingerprint density at radius 2 is 2.18 bits per heavy atom. The van der Waals surface area contributed by atoms with E-state index in [4.69, 9.17) is 4.74 Å². The van der Waals surface area contributed by atoms with Gasteiger partial charge in [0.05, 0.1) is 19.5 Å².